The zero-order valence-corrected chi connectivity index (χ0v) is 17.8. The number of hydrogen-bond acceptors (Lipinski definition) is 4. The molecule has 2 heterocycles. The smallest absolute Gasteiger partial charge is 0.258 e. The Labute approximate surface area is 188 Å². The number of nitrogens with zero attached hydrogens (tertiary/aromatic N) is 2. The van der Waals surface area contributed by atoms with Crippen molar-refractivity contribution < 1.29 is 9.53 Å². The summed E-state index contributed by atoms with van der Waals surface area (Å²) in [5.41, 5.74) is 3.57. The second-order valence-electron chi connectivity index (χ2n) is 7.41. The molecule has 1 amide bonds. The molecule has 1 atom stereocenters. The van der Waals surface area contributed by atoms with Gasteiger partial charge in [0.05, 0.1) is 28.1 Å². The summed E-state index contributed by atoms with van der Waals surface area (Å²) in [5, 5.41) is 3.63. The SMILES string of the molecule is O=C(COc1ccc(Cl)cc1)NC(Cc1nc2ccccc2[nH]1)c1nc2ccccc2[nH]1. The van der Waals surface area contributed by atoms with E-state index in [1.807, 2.05) is 48.5 Å². The van der Waals surface area contributed by atoms with Gasteiger partial charge >= 0.3 is 0 Å². The summed E-state index contributed by atoms with van der Waals surface area (Å²) >= 11 is 5.90. The number of aromatic amines is 2. The molecule has 0 spiro atoms. The zero-order valence-electron chi connectivity index (χ0n) is 17.0. The normalized spacial score (nSPS) is 12.2. The highest BCUT2D eigenvalue weighted by molar-refractivity contribution is 6.30. The quantitative estimate of drug-likeness (QED) is 0.342. The van der Waals surface area contributed by atoms with Gasteiger partial charge in [0.15, 0.2) is 6.61 Å². The highest BCUT2D eigenvalue weighted by Crippen LogP contribution is 2.21. The van der Waals surface area contributed by atoms with Crippen LogP contribution in [0, 0.1) is 0 Å². The van der Waals surface area contributed by atoms with Crippen molar-refractivity contribution in [2.75, 3.05) is 6.61 Å². The first kappa shape index (κ1) is 20.1. The number of para-hydroxylation sites is 4. The van der Waals surface area contributed by atoms with Gasteiger partial charge in [-0.1, -0.05) is 35.9 Å². The van der Waals surface area contributed by atoms with Crippen LogP contribution in [0.1, 0.15) is 17.7 Å². The molecule has 3 N–H and O–H groups in total. The summed E-state index contributed by atoms with van der Waals surface area (Å²) in [4.78, 5) is 28.7. The van der Waals surface area contributed by atoms with E-state index in [1.54, 1.807) is 24.3 Å². The molecule has 2 aromatic heterocycles. The average molecular weight is 446 g/mol. The number of ether oxygens (including phenoxy) is 1. The third-order valence-corrected chi connectivity index (χ3v) is 5.34. The summed E-state index contributed by atoms with van der Waals surface area (Å²) in [6.45, 7) is -0.126. The number of amides is 1. The molecule has 0 fully saturated rings. The van der Waals surface area contributed by atoms with Crippen LogP contribution in [0.3, 0.4) is 0 Å². The number of halogens is 1. The number of aromatic nitrogens is 4. The molecule has 5 aromatic rings. The van der Waals surface area contributed by atoms with Crippen molar-refractivity contribution in [3.63, 3.8) is 0 Å². The number of carbonyl (C=O) groups is 1. The van der Waals surface area contributed by atoms with Crippen LogP contribution in [0.5, 0.6) is 5.75 Å². The monoisotopic (exact) mass is 445 g/mol. The van der Waals surface area contributed by atoms with Crippen molar-refractivity contribution in [3.8, 4) is 5.75 Å². The van der Waals surface area contributed by atoms with Gasteiger partial charge < -0.3 is 20.0 Å². The van der Waals surface area contributed by atoms with E-state index >= 15 is 0 Å². The summed E-state index contributed by atoms with van der Waals surface area (Å²) < 4.78 is 5.59. The van der Waals surface area contributed by atoms with Gasteiger partial charge in [0.1, 0.15) is 17.4 Å². The lowest BCUT2D eigenvalue weighted by atomic mass is 10.2. The summed E-state index contributed by atoms with van der Waals surface area (Å²) in [6, 6.07) is 22.0. The number of rotatable bonds is 7. The van der Waals surface area contributed by atoms with Crippen molar-refractivity contribution in [3.05, 3.63) is 89.5 Å². The van der Waals surface area contributed by atoms with Crippen LogP contribution in [0.25, 0.3) is 22.1 Å². The fourth-order valence-corrected chi connectivity index (χ4v) is 3.69. The number of nitrogens with one attached hydrogen (secondary N) is 3. The fraction of sp³-hybridized carbons (Fsp3) is 0.125. The third-order valence-electron chi connectivity index (χ3n) is 5.09. The first-order valence-corrected chi connectivity index (χ1v) is 10.6. The number of H-pyrrole nitrogens is 2. The molecule has 0 radical (unpaired) electrons. The molecule has 0 aliphatic carbocycles. The van der Waals surface area contributed by atoms with E-state index in [9.17, 15) is 4.79 Å². The number of imidazole rings is 2. The maximum Gasteiger partial charge on any atom is 0.258 e. The lowest BCUT2D eigenvalue weighted by Crippen LogP contribution is -2.34. The molecule has 7 nitrogen and oxygen atoms in total. The van der Waals surface area contributed by atoms with Gasteiger partial charge in [-0.3, -0.25) is 4.79 Å². The molecule has 0 saturated carbocycles. The van der Waals surface area contributed by atoms with Crippen molar-refractivity contribution in [1.82, 2.24) is 25.3 Å². The van der Waals surface area contributed by atoms with Crippen LogP contribution in [0.2, 0.25) is 5.02 Å². The van der Waals surface area contributed by atoms with Crippen molar-refractivity contribution in [2.24, 2.45) is 0 Å². The van der Waals surface area contributed by atoms with Crippen molar-refractivity contribution in [1.29, 1.82) is 0 Å². The minimum atomic E-state index is -0.413. The molecule has 0 aliphatic rings. The maximum absolute atomic E-state index is 12.7. The second-order valence-corrected chi connectivity index (χ2v) is 7.84. The molecular weight excluding hydrogens is 426 g/mol. The Morgan fingerprint density at radius 2 is 1.56 bits per heavy atom. The van der Waals surface area contributed by atoms with Gasteiger partial charge in [-0.25, -0.2) is 9.97 Å². The Bertz CT molecular complexity index is 1310. The Kier molecular flexibility index (Phi) is 5.47. The summed E-state index contributed by atoms with van der Waals surface area (Å²) in [5.74, 6) is 1.73. The molecule has 32 heavy (non-hydrogen) atoms. The highest BCUT2D eigenvalue weighted by atomic mass is 35.5. The van der Waals surface area contributed by atoms with E-state index in [1.165, 1.54) is 0 Å². The summed E-state index contributed by atoms with van der Waals surface area (Å²) in [6.07, 6.45) is 0.446. The molecular formula is C24H20ClN5O2. The second kappa shape index (κ2) is 8.72. The van der Waals surface area contributed by atoms with E-state index < -0.39 is 6.04 Å². The molecule has 1 unspecified atom stereocenters. The van der Waals surface area contributed by atoms with Gasteiger partial charge in [0.2, 0.25) is 0 Å². The van der Waals surface area contributed by atoms with Crippen LogP contribution in [-0.4, -0.2) is 32.4 Å². The lowest BCUT2D eigenvalue weighted by molar-refractivity contribution is -0.123. The first-order valence-electron chi connectivity index (χ1n) is 10.2. The Morgan fingerprint density at radius 1 is 0.906 bits per heavy atom. The highest BCUT2D eigenvalue weighted by Gasteiger charge is 2.21. The van der Waals surface area contributed by atoms with Gasteiger partial charge in [0.25, 0.3) is 5.91 Å². The predicted molar refractivity (Wildman–Crippen MR) is 124 cm³/mol. The van der Waals surface area contributed by atoms with Crippen LogP contribution >= 0.6 is 11.6 Å². The molecule has 0 bridgehead atoms. The predicted octanol–water partition coefficient (Wildman–Crippen LogP) is 4.57. The van der Waals surface area contributed by atoms with E-state index in [2.05, 4.69) is 25.3 Å². The lowest BCUT2D eigenvalue weighted by Gasteiger charge is -2.16. The molecule has 0 saturated heterocycles. The molecule has 8 heteroatoms. The fourth-order valence-electron chi connectivity index (χ4n) is 3.56. The van der Waals surface area contributed by atoms with Gasteiger partial charge in [-0.2, -0.15) is 0 Å². The van der Waals surface area contributed by atoms with Crippen LogP contribution < -0.4 is 10.1 Å². The topological polar surface area (TPSA) is 95.7 Å². The van der Waals surface area contributed by atoms with Gasteiger partial charge in [-0.05, 0) is 48.5 Å². The summed E-state index contributed by atoms with van der Waals surface area (Å²) in [7, 11) is 0. The molecule has 3 aromatic carbocycles. The van der Waals surface area contributed by atoms with Crippen LogP contribution in [-0.2, 0) is 11.2 Å². The Balaban J connectivity index is 1.36. The van der Waals surface area contributed by atoms with Gasteiger partial charge in [0, 0.05) is 11.4 Å². The first-order chi connectivity index (χ1) is 15.6. The van der Waals surface area contributed by atoms with Crippen LogP contribution in [0.15, 0.2) is 72.8 Å². The maximum atomic E-state index is 12.7. The van der Waals surface area contributed by atoms with E-state index in [-0.39, 0.29) is 12.5 Å². The number of carbonyl (C=O) groups excluding carboxylic acids is 1. The number of hydrogen-bond donors (Lipinski definition) is 3. The standard InChI is InChI=1S/C24H20ClN5O2/c25-15-9-11-16(12-10-15)32-14-23(31)28-21(24-29-19-7-3-4-8-20(19)30-24)13-22-26-17-5-1-2-6-18(17)27-22/h1-12,21H,13-14H2,(H,26,27)(H,28,31)(H,29,30). The molecule has 0 aliphatic heterocycles. The van der Waals surface area contributed by atoms with E-state index in [0.29, 0.717) is 23.0 Å². The number of fused-ring (bicyclic) bond motifs is 2. The Morgan fingerprint density at radius 3 is 2.25 bits per heavy atom. The minimum Gasteiger partial charge on any atom is -0.484 e. The molecule has 5 rings (SSSR count). The molecule has 160 valence electrons. The van der Waals surface area contributed by atoms with Crippen molar-refractivity contribution in [2.45, 2.75) is 12.5 Å². The van der Waals surface area contributed by atoms with E-state index in [0.717, 1.165) is 27.9 Å². The largest absolute Gasteiger partial charge is 0.484 e. The average Bonchev–Trinajstić information content (AvgIpc) is 3.42. The number of benzene rings is 3. The van der Waals surface area contributed by atoms with Crippen LogP contribution in [0.4, 0.5) is 0 Å². The third kappa shape index (κ3) is 4.43. The van der Waals surface area contributed by atoms with Gasteiger partial charge in [-0.15, -0.1) is 0 Å². The Hall–Kier alpha value is -3.84. The van der Waals surface area contributed by atoms with E-state index in [4.69, 9.17) is 16.3 Å². The minimum absolute atomic E-state index is 0.126. The van der Waals surface area contributed by atoms with Crippen molar-refractivity contribution >= 4 is 39.6 Å². The zero-order chi connectivity index (χ0) is 21.9.